The monoisotopic (exact) mass is 446 g/mol. The number of carbonyl (C=O) groups is 4. The topological polar surface area (TPSA) is 92.8 Å². The van der Waals surface area contributed by atoms with E-state index in [0.29, 0.717) is 11.8 Å². The van der Waals surface area contributed by atoms with Crippen molar-refractivity contribution in [2.24, 2.45) is 0 Å². The Morgan fingerprint density at radius 1 is 1.00 bits per heavy atom. The van der Waals surface area contributed by atoms with Gasteiger partial charge in [0.25, 0.3) is 5.91 Å². The number of nitrogens with zero attached hydrogens (tertiary/aromatic N) is 1. The quantitative estimate of drug-likeness (QED) is 0.401. The minimum atomic E-state index is -1.23. The van der Waals surface area contributed by atoms with E-state index in [-0.39, 0.29) is 0 Å². The molecule has 0 heterocycles. The fraction of sp³-hybridized carbons (Fsp3) is 0.304. The standard InChI is InChI=1S/C23H24F2N2O5/c1-14(26-21(30)20(29)15-10-16(24)12-17(25)11-15)22(31)27(18-8-6-5-7-9-18)13-19(28)32-23(2,3)4/h5-12,14H,13H2,1-4H3,(H,26,30)/t14-/m0/s1. The number of ether oxygens (including phenoxy) is 1. The molecule has 0 aromatic heterocycles. The van der Waals surface area contributed by atoms with Gasteiger partial charge in [-0.1, -0.05) is 18.2 Å². The van der Waals surface area contributed by atoms with E-state index in [1.165, 1.54) is 6.92 Å². The SMILES string of the molecule is C[C@H](NC(=O)C(=O)c1cc(F)cc(F)c1)C(=O)N(CC(=O)OC(C)(C)C)c1ccccc1. The van der Waals surface area contributed by atoms with Crippen molar-refractivity contribution in [1.29, 1.82) is 0 Å². The summed E-state index contributed by atoms with van der Waals surface area (Å²) in [5.74, 6) is -5.81. The fourth-order valence-corrected chi connectivity index (χ4v) is 2.78. The number of rotatable bonds is 7. The second-order valence-electron chi connectivity index (χ2n) is 8.03. The van der Waals surface area contributed by atoms with Gasteiger partial charge in [-0.15, -0.1) is 0 Å². The zero-order chi connectivity index (χ0) is 24.1. The van der Waals surface area contributed by atoms with Gasteiger partial charge in [0.1, 0.15) is 29.8 Å². The van der Waals surface area contributed by atoms with Crippen LogP contribution in [0.25, 0.3) is 0 Å². The van der Waals surface area contributed by atoms with Crippen molar-refractivity contribution in [3.05, 3.63) is 65.7 Å². The predicted molar refractivity (Wildman–Crippen MR) is 113 cm³/mol. The highest BCUT2D eigenvalue weighted by atomic mass is 19.1. The lowest BCUT2D eigenvalue weighted by atomic mass is 10.1. The second-order valence-corrected chi connectivity index (χ2v) is 8.03. The number of amides is 2. The summed E-state index contributed by atoms with van der Waals surface area (Å²) in [6, 6.07) is 9.01. The average Bonchev–Trinajstić information content (AvgIpc) is 2.69. The number of esters is 1. The molecule has 1 atom stereocenters. The maximum atomic E-state index is 13.3. The Kier molecular flexibility index (Phi) is 7.80. The van der Waals surface area contributed by atoms with Gasteiger partial charge in [-0.3, -0.25) is 24.1 Å². The van der Waals surface area contributed by atoms with Gasteiger partial charge in [0.05, 0.1) is 0 Å². The largest absolute Gasteiger partial charge is 0.459 e. The first-order valence-corrected chi connectivity index (χ1v) is 9.77. The molecule has 2 rings (SSSR count). The molecule has 170 valence electrons. The molecule has 0 saturated carbocycles. The Morgan fingerprint density at radius 3 is 2.09 bits per heavy atom. The molecule has 2 aromatic carbocycles. The molecule has 0 saturated heterocycles. The van der Waals surface area contributed by atoms with Crippen molar-refractivity contribution in [2.45, 2.75) is 39.3 Å². The first-order chi connectivity index (χ1) is 14.9. The molecule has 0 unspecified atom stereocenters. The highest BCUT2D eigenvalue weighted by molar-refractivity contribution is 6.43. The van der Waals surface area contributed by atoms with Gasteiger partial charge in [0.2, 0.25) is 11.7 Å². The van der Waals surface area contributed by atoms with Crippen LogP contribution < -0.4 is 10.2 Å². The first-order valence-electron chi connectivity index (χ1n) is 9.77. The van der Waals surface area contributed by atoms with Gasteiger partial charge in [0.15, 0.2) is 0 Å². The van der Waals surface area contributed by atoms with Crippen LogP contribution in [0.15, 0.2) is 48.5 Å². The molecule has 0 aliphatic rings. The minimum Gasteiger partial charge on any atom is -0.459 e. The molecule has 0 bridgehead atoms. The Balaban J connectivity index is 2.18. The third-order valence-electron chi connectivity index (χ3n) is 4.09. The molecule has 0 fully saturated rings. The van der Waals surface area contributed by atoms with E-state index < -0.39 is 59.0 Å². The van der Waals surface area contributed by atoms with Crippen molar-refractivity contribution < 1.29 is 32.7 Å². The summed E-state index contributed by atoms with van der Waals surface area (Å²) in [5, 5.41) is 2.21. The van der Waals surface area contributed by atoms with Gasteiger partial charge in [-0.05, 0) is 52.0 Å². The third-order valence-corrected chi connectivity index (χ3v) is 4.09. The van der Waals surface area contributed by atoms with Crippen LogP contribution in [-0.4, -0.2) is 41.8 Å². The number of para-hydroxylation sites is 1. The lowest BCUT2D eigenvalue weighted by molar-refractivity contribution is -0.153. The van der Waals surface area contributed by atoms with E-state index in [2.05, 4.69) is 5.32 Å². The van der Waals surface area contributed by atoms with Crippen LogP contribution in [0, 0.1) is 11.6 Å². The lowest BCUT2D eigenvalue weighted by Gasteiger charge is -2.27. The summed E-state index contributed by atoms with van der Waals surface area (Å²) in [6.07, 6.45) is 0. The summed E-state index contributed by atoms with van der Waals surface area (Å²) in [6.45, 7) is 5.95. The molecule has 0 aliphatic carbocycles. The van der Waals surface area contributed by atoms with Crippen molar-refractivity contribution in [3.63, 3.8) is 0 Å². The lowest BCUT2D eigenvalue weighted by Crippen LogP contribution is -2.50. The number of benzene rings is 2. The maximum absolute atomic E-state index is 13.3. The van der Waals surface area contributed by atoms with Gasteiger partial charge in [0, 0.05) is 17.3 Å². The minimum absolute atomic E-state index is 0.378. The van der Waals surface area contributed by atoms with Crippen molar-refractivity contribution in [3.8, 4) is 0 Å². The molecule has 0 radical (unpaired) electrons. The van der Waals surface area contributed by atoms with Crippen LogP contribution in [0.3, 0.4) is 0 Å². The molecular weight excluding hydrogens is 422 g/mol. The number of halogens is 2. The van der Waals surface area contributed by atoms with Crippen LogP contribution in [0.2, 0.25) is 0 Å². The molecule has 0 spiro atoms. The Morgan fingerprint density at radius 2 is 1.56 bits per heavy atom. The number of hydrogen-bond donors (Lipinski definition) is 1. The Bertz CT molecular complexity index is 999. The number of nitrogens with one attached hydrogen (secondary N) is 1. The molecule has 9 heteroatoms. The van der Waals surface area contributed by atoms with E-state index in [9.17, 15) is 28.0 Å². The van der Waals surface area contributed by atoms with Crippen LogP contribution in [0.5, 0.6) is 0 Å². The molecular formula is C23H24F2N2O5. The first kappa shape index (κ1) is 24.6. The van der Waals surface area contributed by atoms with E-state index >= 15 is 0 Å². The number of Topliss-reactive ketones (excluding diaryl/α,β-unsaturated/α-hetero) is 1. The van der Waals surface area contributed by atoms with E-state index in [0.717, 1.165) is 17.0 Å². The van der Waals surface area contributed by atoms with Crippen molar-refractivity contribution in [2.75, 3.05) is 11.4 Å². The maximum Gasteiger partial charge on any atom is 0.326 e. The average molecular weight is 446 g/mol. The summed E-state index contributed by atoms with van der Waals surface area (Å²) < 4.78 is 32.0. The molecule has 32 heavy (non-hydrogen) atoms. The summed E-state index contributed by atoms with van der Waals surface area (Å²) in [7, 11) is 0. The Labute approximate surface area is 184 Å². The molecule has 2 amide bonds. The zero-order valence-corrected chi connectivity index (χ0v) is 18.1. The van der Waals surface area contributed by atoms with Crippen molar-refractivity contribution in [1.82, 2.24) is 5.32 Å². The molecule has 7 nitrogen and oxygen atoms in total. The van der Waals surface area contributed by atoms with Gasteiger partial charge < -0.3 is 10.1 Å². The molecule has 1 N–H and O–H groups in total. The second kappa shape index (κ2) is 10.1. The zero-order valence-electron chi connectivity index (χ0n) is 18.1. The summed E-state index contributed by atoms with van der Waals surface area (Å²) in [5.41, 5.74) is -0.883. The number of hydrogen-bond acceptors (Lipinski definition) is 5. The smallest absolute Gasteiger partial charge is 0.326 e. The summed E-state index contributed by atoms with van der Waals surface area (Å²) in [4.78, 5) is 51.0. The highest BCUT2D eigenvalue weighted by Gasteiger charge is 2.29. The summed E-state index contributed by atoms with van der Waals surface area (Å²) >= 11 is 0. The van der Waals surface area contributed by atoms with E-state index in [1.54, 1.807) is 51.1 Å². The highest BCUT2D eigenvalue weighted by Crippen LogP contribution is 2.16. The van der Waals surface area contributed by atoms with Crippen LogP contribution >= 0.6 is 0 Å². The normalized spacial score (nSPS) is 11.9. The number of anilines is 1. The number of carbonyl (C=O) groups excluding carboxylic acids is 4. The predicted octanol–water partition coefficient (Wildman–Crippen LogP) is 3.03. The third kappa shape index (κ3) is 6.97. The van der Waals surface area contributed by atoms with E-state index in [4.69, 9.17) is 4.74 Å². The fourth-order valence-electron chi connectivity index (χ4n) is 2.78. The van der Waals surface area contributed by atoms with Crippen molar-refractivity contribution >= 4 is 29.3 Å². The number of ketones is 1. The Hall–Kier alpha value is -3.62. The van der Waals surface area contributed by atoms with E-state index in [1.807, 2.05) is 0 Å². The van der Waals surface area contributed by atoms with Gasteiger partial charge in [-0.25, -0.2) is 8.78 Å². The van der Waals surface area contributed by atoms with Crippen LogP contribution in [-0.2, 0) is 19.1 Å². The van der Waals surface area contributed by atoms with Crippen LogP contribution in [0.1, 0.15) is 38.1 Å². The molecule has 0 aliphatic heterocycles. The van der Waals surface area contributed by atoms with Crippen LogP contribution in [0.4, 0.5) is 14.5 Å². The van der Waals surface area contributed by atoms with Gasteiger partial charge >= 0.3 is 5.97 Å². The molecule has 2 aromatic rings. The van der Waals surface area contributed by atoms with Gasteiger partial charge in [-0.2, -0.15) is 0 Å².